The zero-order chi connectivity index (χ0) is 22.3. The van der Waals surface area contributed by atoms with E-state index in [0.29, 0.717) is 23.1 Å². The van der Waals surface area contributed by atoms with E-state index in [9.17, 15) is 19.2 Å². The highest BCUT2D eigenvalue weighted by molar-refractivity contribution is 7.21. The number of hydrogen-bond acceptors (Lipinski definition) is 6. The number of nitrogens with one attached hydrogen (secondary N) is 2. The normalized spacial score (nSPS) is 17.7. The van der Waals surface area contributed by atoms with E-state index in [4.69, 9.17) is 0 Å². The van der Waals surface area contributed by atoms with Crippen LogP contribution < -0.4 is 16.3 Å². The van der Waals surface area contributed by atoms with E-state index < -0.39 is 23.4 Å². The van der Waals surface area contributed by atoms with Crippen molar-refractivity contribution < 1.29 is 14.4 Å². The summed E-state index contributed by atoms with van der Waals surface area (Å²) >= 11 is 1.40. The number of urea groups is 1. The van der Waals surface area contributed by atoms with Crippen LogP contribution in [0.15, 0.2) is 47.5 Å². The first-order valence-corrected chi connectivity index (χ1v) is 11.3. The fraction of sp³-hybridized carbons (Fsp3) is 0.318. The van der Waals surface area contributed by atoms with Crippen LogP contribution in [0.25, 0.3) is 20.7 Å². The number of carbonyl (C=O) groups is 3. The highest BCUT2D eigenvalue weighted by Crippen LogP contribution is 2.33. The molecular formula is C22H21N5O4S. The van der Waals surface area contributed by atoms with Crippen LogP contribution in [-0.4, -0.2) is 37.9 Å². The van der Waals surface area contributed by atoms with Gasteiger partial charge in [-0.25, -0.2) is 9.78 Å². The molecule has 1 saturated heterocycles. The monoisotopic (exact) mass is 451 g/mol. The summed E-state index contributed by atoms with van der Waals surface area (Å²) in [5.41, 5.74) is 2.05. The number of imide groups is 1. The predicted molar refractivity (Wildman–Crippen MR) is 119 cm³/mol. The van der Waals surface area contributed by atoms with Gasteiger partial charge in [0.2, 0.25) is 0 Å². The lowest BCUT2D eigenvalue weighted by Gasteiger charge is -2.30. The largest absolute Gasteiger partial charge is 0.344 e. The Morgan fingerprint density at radius 2 is 1.88 bits per heavy atom. The maximum absolute atomic E-state index is 12.9. The fourth-order valence-corrected chi connectivity index (χ4v) is 5.34. The molecule has 2 aliphatic rings. The second-order valence-electron chi connectivity index (χ2n) is 8.12. The molecular weight excluding hydrogens is 430 g/mol. The number of benzene rings is 1. The van der Waals surface area contributed by atoms with Crippen LogP contribution in [0.5, 0.6) is 0 Å². The standard InChI is InChI=1S/C22H21N5O4S/c28-17(25-27-20(30)22(24-21(27)31)9-5-2-6-10-22)12-26-13-23-18-15(19(26)29)11-16(32-18)14-7-3-1-4-8-14/h1,3-4,7-8,11,13H,2,5-6,9-10,12H2,(H,24,31)(H,25,28). The van der Waals surface area contributed by atoms with Crippen LogP contribution in [0.2, 0.25) is 0 Å². The van der Waals surface area contributed by atoms with Crippen LogP contribution in [0.3, 0.4) is 0 Å². The quantitative estimate of drug-likeness (QED) is 0.592. The molecule has 4 amide bonds. The molecule has 9 nitrogen and oxygen atoms in total. The van der Waals surface area contributed by atoms with Gasteiger partial charge in [0.05, 0.1) is 11.7 Å². The average molecular weight is 452 g/mol. The summed E-state index contributed by atoms with van der Waals surface area (Å²) in [6.07, 6.45) is 5.15. The molecule has 0 unspecified atom stereocenters. The van der Waals surface area contributed by atoms with Gasteiger partial charge in [0, 0.05) is 4.88 Å². The van der Waals surface area contributed by atoms with Crippen LogP contribution in [-0.2, 0) is 16.1 Å². The van der Waals surface area contributed by atoms with Gasteiger partial charge >= 0.3 is 6.03 Å². The van der Waals surface area contributed by atoms with Crippen LogP contribution in [0, 0.1) is 0 Å². The molecule has 2 N–H and O–H groups in total. The Labute approximate surface area is 187 Å². The van der Waals surface area contributed by atoms with Gasteiger partial charge in [0.15, 0.2) is 0 Å². The molecule has 1 aliphatic heterocycles. The molecule has 32 heavy (non-hydrogen) atoms. The Bertz CT molecular complexity index is 1280. The van der Waals surface area contributed by atoms with Crippen molar-refractivity contribution in [1.29, 1.82) is 0 Å². The van der Waals surface area contributed by atoms with Crippen molar-refractivity contribution in [3.63, 3.8) is 0 Å². The van der Waals surface area contributed by atoms with Crippen molar-refractivity contribution >= 4 is 39.4 Å². The van der Waals surface area contributed by atoms with Gasteiger partial charge in [0.1, 0.15) is 16.9 Å². The zero-order valence-corrected chi connectivity index (χ0v) is 18.0. The molecule has 1 aliphatic carbocycles. The minimum absolute atomic E-state index is 0.357. The van der Waals surface area contributed by atoms with E-state index in [1.54, 1.807) is 6.07 Å². The van der Waals surface area contributed by atoms with Gasteiger partial charge in [-0.2, -0.15) is 5.01 Å². The summed E-state index contributed by atoms with van der Waals surface area (Å²) in [6, 6.07) is 10.8. The first kappa shape index (κ1) is 20.4. The molecule has 0 atom stereocenters. The van der Waals surface area contributed by atoms with E-state index >= 15 is 0 Å². The number of carbonyl (C=O) groups excluding carboxylic acids is 3. The minimum Gasteiger partial charge on any atom is -0.322 e. The first-order chi connectivity index (χ1) is 15.5. The molecule has 2 fully saturated rings. The fourth-order valence-electron chi connectivity index (χ4n) is 4.35. The molecule has 1 saturated carbocycles. The van der Waals surface area contributed by atoms with Crippen molar-refractivity contribution in [2.24, 2.45) is 0 Å². The number of thiophene rings is 1. The molecule has 3 aromatic rings. The molecule has 5 rings (SSSR count). The van der Waals surface area contributed by atoms with E-state index in [2.05, 4.69) is 15.7 Å². The lowest BCUT2D eigenvalue weighted by atomic mass is 9.82. The topological polar surface area (TPSA) is 113 Å². The van der Waals surface area contributed by atoms with E-state index in [-0.39, 0.29) is 12.1 Å². The summed E-state index contributed by atoms with van der Waals surface area (Å²) in [6.45, 7) is -0.359. The van der Waals surface area contributed by atoms with Crippen molar-refractivity contribution in [2.45, 2.75) is 44.2 Å². The number of aromatic nitrogens is 2. The van der Waals surface area contributed by atoms with Gasteiger partial charge in [-0.15, -0.1) is 11.3 Å². The number of nitrogens with zero attached hydrogens (tertiary/aromatic N) is 3. The van der Waals surface area contributed by atoms with Crippen molar-refractivity contribution in [3.8, 4) is 10.4 Å². The number of fused-ring (bicyclic) bond motifs is 1. The molecule has 3 heterocycles. The molecule has 164 valence electrons. The van der Waals surface area contributed by atoms with Crippen molar-refractivity contribution in [3.05, 3.63) is 53.1 Å². The van der Waals surface area contributed by atoms with Crippen molar-refractivity contribution in [2.75, 3.05) is 0 Å². The summed E-state index contributed by atoms with van der Waals surface area (Å²) < 4.78 is 1.17. The van der Waals surface area contributed by atoms with Crippen LogP contribution >= 0.6 is 11.3 Å². The van der Waals surface area contributed by atoms with E-state index in [1.165, 1.54) is 22.2 Å². The smallest absolute Gasteiger partial charge is 0.322 e. The van der Waals surface area contributed by atoms with Crippen molar-refractivity contribution in [1.82, 2.24) is 25.3 Å². The van der Waals surface area contributed by atoms with Crippen LogP contribution in [0.1, 0.15) is 32.1 Å². The molecule has 0 radical (unpaired) electrons. The average Bonchev–Trinajstić information content (AvgIpc) is 3.33. The van der Waals surface area contributed by atoms with Gasteiger partial charge in [-0.05, 0) is 24.5 Å². The number of amides is 4. The maximum atomic E-state index is 12.9. The third-order valence-corrected chi connectivity index (χ3v) is 7.09. The van der Waals surface area contributed by atoms with Crippen LogP contribution in [0.4, 0.5) is 4.79 Å². The van der Waals surface area contributed by atoms with E-state index in [0.717, 1.165) is 34.7 Å². The summed E-state index contributed by atoms with van der Waals surface area (Å²) in [7, 11) is 0. The molecule has 2 aromatic heterocycles. The molecule has 1 aromatic carbocycles. The zero-order valence-electron chi connectivity index (χ0n) is 17.2. The number of hydrogen-bond donors (Lipinski definition) is 2. The first-order valence-electron chi connectivity index (χ1n) is 10.5. The molecule has 0 bridgehead atoms. The Kier molecular flexibility index (Phi) is 5.01. The lowest BCUT2D eigenvalue weighted by Crippen LogP contribution is -2.51. The highest BCUT2D eigenvalue weighted by Gasteiger charge is 2.52. The predicted octanol–water partition coefficient (Wildman–Crippen LogP) is 2.41. The molecule has 10 heteroatoms. The minimum atomic E-state index is -0.926. The van der Waals surface area contributed by atoms with Gasteiger partial charge < -0.3 is 5.32 Å². The van der Waals surface area contributed by atoms with E-state index in [1.807, 2.05) is 30.3 Å². The van der Waals surface area contributed by atoms with Gasteiger partial charge in [-0.1, -0.05) is 49.6 Å². The second kappa shape index (κ2) is 7.86. The Hall–Kier alpha value is -3.53. The Morgan fingerprint density at radius 1 is 1.12 bits per heavy atom. The summed E-state index contributed by atoms with van der Waals surface area (Å²) in [4.78, 5) is 56.4. The number of rotatable bonds is 4. The summed E-state index contributed by atoms with van der Waals surface area (Å²) in [5, 5.41) is 3.89. The highest BCUT2D eigenvalue weighted by atomic mass is 32.1. The number of hydrazine groups is 1. The second-order valence-corrected chi connectivity index (χ2v) is 9.15. The lowest BCUT2D eigenvalue weighted by molar-refractivity contribution is -0.140. The van der Waals surface area contributed by atoms with Gasteiger partial charge in [-0.3, -0.25) is 24.4 Å². The van der Waals surface area contributed by atoms with Gasteiger partial charge in [0.25, 0.3) is 17.4 Å². The maximum Gasteiger partial charge on any atom is 0.344 e. The Morgan fingerprint density at radius 3 is 2.62 bits per heavy atom. The third kappa shape index (κ3) is 3.46. The third-order valence-electron chi connectivity index (χ3n) is 6.00. The Balaban J connectivity index is 1.34. The molecule has 1 spiro atoms. The SMILES string of the molecule is O=C(Cn1cnc2sc(-c3ccccc3)cc2c1=O)NN1C(=O)NC2(CCCCC2)C1=O. The summed E-state index contributed by atoms with van der Waals surface area (Å²) in [5.74, 6) is -1.09.